The molecular formula is C10H16N2O2S. The van der Waals surface area contributed by atoms with Crippen LogP contribution in [-0.2, 0) is 9.53 Å². The lowest BCUT2D eigenvalue weighted by molar-refractivity contribution is -0.143. The van der Waals surface area contributed by atoms with Crippen molar-refractivity contribution in [2.75, 3.05) is 7.11 Å². The Morgan fingerprint density at radius 3 is 2.93 bits per heavy atom. The van der Waals surface area contributed by atoms with E-state index in [0.717, 1.165) is 11.4 Å². The Morgan fingerprint density at radius 2 is 2.47 bits per heavy atom. The third-order valence-corrected chi connectivity index (χ3v) is 3.04. The van der Waals surface area contributed by atoms with Gasteiger partial charge in [0.1, 0.15) is 5.01 Å². The molecule has 0 aliphatic rings. The first-order valence-corrected chi connectivity index (χ1v) is 5.80. The molecule has 0 bridgehead atoms. The molecular weight excluding hydrogens is 212 g/mol. The Labute approximate surface area is 93.7 Å². The number of thiazole rings is 1. The zero-order chi connectivity index (χ0) is 11.3. The Hall–Kier alpha value is -0.940. The van der Waals surface area contributed by atoms with Gasteiger partial charge in [0.25, 0.3) is 0 Å². The van der Waals surface area contributed by atoms with E-state index < -0.39 is 6.04 Å². The third kappa shape index (κ3) is 3.28. The second kappa shape index (κ2) is 5.82. The minimum atomic E-state index is -0.440. The molecule has 0 spiro atoms. The topological polar surface area (TPSA) is 51.2 Å². The van der Waals surface area contributed by atoms with Gasteiger partial charge in [-0.1, -0.05) is 6.92 Å². The van der Waals surface area contributed by atoms with Crippen LogP contribution in [0, 0.1) is 0 Å². The minimum Gasteiger partial charge on any atom is -0.468 e. The molecule has 5 heteroatoms. The molecule has 2 unspecified atom stereocenters. The summed E-state index contributed by atoms with van der Waals surface area (Å²) in [5.41, 5.74) is 0. The second-order valence-electron chi connectivity index (χ2n) is 3.30. The Bertz CT molecular complexity index is 300. The number of ether oxygens (including phenoxy) is 1. The van der Waals surface area contributed by atoms with Gasteiger partial charge in [0.15, 0.2) is 6.04 Å². The molecule has 0 aliphatic heterocycles. The number of methoxy groups -OCH3 is 1. The van der Waals surface area contributed by atoms with Crippen LogP contribution in [0.2, 0.25) is 0 Å². The molecule has 0 saturated carbocycles. The van der Waals surface area contributed by atoms with Crippen LogP contribution in [0.5, 0.6) is 0 Å². The fraction of sp³-hybridized carbons (Fsp3) is 0.600. The van der Waals surface area contributed by atoms with E-state index in [1.54, 1.807) is 6.20 Å². The van der Waals surface area contributed by atoms with Gasteiger partial charge in [-0.05, 0) is 13.3 Å². The van der Waals surface area contributed by atoms with Crippen molar-refractivity contribution in [3.8, 4) is 0 Å². The highest BCUT2D eigenvalue weighted by molar-refractivity contribution is 7.09. The smallest absolute Gasteiger partial charge is 0.330 e. The van der Waals surface area contributed by atoms with Gasteiger partial charge in [0, 0.05) is 17.6 Å². The number of hydrogen-bond acceptors (Lipinski definition) is 5. The number of esters is 1. The van der Waals surface area contributed by atoms with Gasteiger partial charge >= 0.3 is 5.97 Å². The molecule has 0 saturated heterocycles. The van der Waals surface area contributed by atoms with E-state index in [1.807, 2.05) is 12.3 Å². The van der Waals surface area contributed by atoms with Gasteiger partial charge in [0.2, 0.25) is 0 Å². The summed E-state index contributed by atoms with van der Waals surface area (Å²) in [6.45, 7) is 4.09. The van der Waals surface area contributed by atoms with Crippen LogP contribution in [0.4, 0.5) is 0 Å². The zero-order valence-corrected chi connectivity index (χ0v) is 10.0. The van der Waals surface area contributed by atoms with E-state index >= 15 is 0 Å². The van der Waals surface area contributed by atoms with Crippen molar-refractivity contribution in [1.29, 1.82) is 0 Å². The van der Waals surface area contributed by atoms with Crippen molar-refractivity contribution in [3.63, 3.8) is 0 Å². The standard InChI is InChI=1S/C10H16N2O2S/c1-4-7(2)12-8(10(13)14-3)9-11-5-6-15-9/h5-8,12H,4H2,1-3H3. The molecule has 0 amide bonds. The summed E-state index contributed by atoms with van der Waals surface area (Å²) < 4.78 is 4.75. The van der Waals surface area contributed by atoms with Crippen LogP contribution < -0.4 is 5.32 Å². The van der Waals surface area contributed by atoms with Crippen LogP contribution >= 0.6 is 11.3 Å². The predicted octanol–water partition coefficient (Wildman–Crippen LogP) is 1.75. The highest BCUT2D eigenvalue weighted by atomic mass is 32.1. The fourth-order valence-electron chi connectivity index (χ4n) is 1.14. The number of hydrogen-bond donors (Lipinski definition) is 1. The SMILES string of the molecule is CCC(C)NC(C(=O)OC)c1nccs1. The van der Waals surface area contributed by atoms with Gasteiger partial charge in [-0.15, -0.1) is 11.3 Å². The summed E-state index contributed by atoms with van der Waals surface area (Å²) in [7, 11) is 1.39. The zero-order valence-electron chi connectivity index (χ0n) is 9.19. The summed E-state index contributed by atoms with van der Waals surface area (Å²) in [4.78, 5) is 15.7. The molecule has 0 aromatic carbocycles. The summed E-state index contributed by atoms with van der Waals surface area (Å²) >= 11 is 1.45. The third-order valence-electron chi connectivity index (χ3n) is 2.20. The van der Waals surface area contributed by atoms with Crippen molar-refractivity contribution in [2.45, 2.75) is 32.4 Å². The Balaban J connectivity index is 2.75. The number of aromatic nitrogens is 1. The number of nitrogens with zero attached hydrogens (tertiary/aromatic N) is 1. The van der Waals surface area contributed by atoms with Crippen molar-refractivity contribution >= 4 is 17.3 Å². The van der Waals surface area contributed by atoms with Gasteiger partial charge < -0.3 is 4.74 Å². The van der Waals surface area contributed by atoms with Crippen LogP contribution in [0.25, 0.3) is 0 Å². The Kier molecular flexibility index (Phi) is 4.71. The molecule has 1 rings (SSSR count). The molecule has 1 heterocycles. The molecule has 15 heavy (non-hydrogen) atoms. The normalized spacial score (nSPS) is 14.6. The van der Waals surface area contributed by atoms with Crippen molar-refractivity contribution in [2.24, 2.45) is 0 Å². The highest BCUT2D eigenvalue weighted by Gasteiger charge is 2.24. The summed E-state index contributed by atoms with van der Waals surface area (Å²) in [5.74, 6) is -0.287. The van der Waals surface area contributed by atoms with Gasteiger partial charge in [-0.2, -0.15) is 0 Å². The van der Waals surface area contributed by atoms with Crippen LogP contribution in [-0.4, -0.2) is 24.1 Å². The maximum absolute atomic E-state index is 11.5. The van der Waals surface area contributed by atoms with Crippen molar-refractivity contribution in [3.05, 3.63) is 16.6 Å². The lowest BCUT2D eigenvalue weighted by atomic mass is 10.2. The molecule has 4 nitrogen and oxygen atoms in total. The maximum atomic E-state index is 11.5. The highest BCUT2D eigenvalue weighted by Crippen LogP contribution is 2.18. The molecule has 1 N–H and O–H groups in total. The molecule has 84 valence electrons. The van der Waals surface area contributed by atoms with E-state index in [1.165, 1.54) is 18.4 Å². The minimum absolute atomic E-state index is 0.262. The maximum Gasteiger partial charge on any atom is 0.330 e. The molecule has 0 aliphatic carbocycles. The first-order valence-electron chi connectivity index (χ1n) is 4.92. The van der Waals surface area contributed by atoms with Gasteiger partial charge in [0.05, 0.1) is 7.11 Å². The molecule has 0 fully saturated rings. The lowest BCUT2D eigenvalue weighted by Gasteiger charge is -2.18. The first-order chi connectivity index (χ1) is 7.19. The quantitative estimate of drug-likeness (QED) is 0.780. The van der Waals surface area contributed by atoms with Gasteiger partial charge in [-0.25, -0.2) is 9.78 Å². The largest absolute Gasteiger partial charge is 0.468 e. The van der Waals surface area contributed by atoms with Crippen molar-refractivity contribution < 1.29 is 9.53 Å². The summed E-state index contributed by atoms with van der Waals surface area (Å²) in [6.07, 6.45) is 2.65. The van der Waals surface area contributed by atoms with E-state index in [4.69, 9.17) is 4.74 Å². The van der Waals surface area contributed by atoms with Gasteiger partial charge in [-0.3, -0.25) is 5.32 Å². The van der Waals surface area contributed by atoms with Crippen LogP contribution in [0.1, 0.15) is 31.3 Å². The summed E-state index contributed by atoms with van der Waals surface area (Å²) in [5, 5.41) is 5.80. The van der Waals surface area contributed by atoms with Crippen LogP contribution in [0.15, 0.2) is 11.6 Å². The van der Waals surface area contributed by atoms with Crippen molar-refractivity contribution in [1.82, 2.24) is 10.3 Å². The lowest BCUT2D eigenvalue weighted by Crippen LogP contribution is -2.35. The van der Waals surface area contributed by atoms with E-state index in [0.29, 0.717) is 0 Å². The predicted molar refractivity (Wildman–Crippen MR) is 59.8 cm³/mol. The molecule has 1 aromatic rings. The molecule has 0 radical (unpaired) electrons. The van der Waals surface area contributed by atoms with E-state index in [-0.39, 0.29) is 12.0 Å². The average Bonchev–Trinajstić information content (AvgIpc) is 2.77. The fourth-order valence-corrected chi connectivity index (χ4v) is 1.82. The number of carbonyl (C=O) groups is 1. The summed E-state index contributed by atoms with van der Waals surface area (Å²) in [6, 6.07) is -0.178. The molecule has 1 aromatic heterocycles. The molecule has 2 atom stereocenters. The second-order valence-corrected chi connectivity index (χ2v) is 4.23. The first kappa shape index (κ1) is 12.1. The number of nitrogens with one attached hydrogen (secondary N) is 1. The number of carbonyl (C=O) groups excluding carboxylic acids is 1. The van der Waals surface area contributed by atoms with E-state index in [2.05, 4.69) is 17.2 Å². The Morgan fingerprint density at radius 1 is 1.73 bits per heavy atom. The van der Waals surface area contributed by atoms with E-state index in [9.17, 15) is 4.79 Å². The number of rotatable bonds is 5. The monoisotopic (exact) mass is 228 g/mol. The van der Waals surface area contributed by atoms with Crippen LogP contribution in [0.3, 0.4) is 0 Å². The average molecular weight is 228 g/mol.